The Hall–Kier alpha value is -2.48. The summed E-state index contributed by atoms with van der Waals surface area (Å²) in [6.45, 7) is 3.79. The van der Waals surface area contributed by atoms with E-state index in [-0.39, 0.29) is 30.4 Å². The van der Waals surface area contributed by atoms with Crippen LogP contribution in [0.2, 0.25) is 0 Å². The predicted octanol–water partition coefficient (Wildman–Crippen LogP) is 0.238. The predicted molar refractivity (Wildman–Crippen MR) is 76.0 cm³/mol. The van der Waals surface area contributed by atoms with Crippen molar-refractivity contribution >= 4 is 23.2 Å². The number of aryl methyl sites for hydroxylation is 2. The molecule has 0 aliphatic carbocycles. The number of piperazine rings is 1. The molecule has 0 saturated carbocycles. The van der Waals surface area contributed by atoms with Crippen molar-refractivity contribution in [3.05, 3.63) is 33.4 Å². The highest BCUT2D eigenvalue weighted by Crippen LogP contribution is 2.28. The summed E-state index contributed by atoms with van der Waals surface area (Å²) < 4.78 is 0. The van der Waals surface area contributed by atoms with E-state index in [0.717, 1.165) is 11.1 Å². The molecule has 0 aromatic heterocycles. The van der Waals surface area contributed by atoms with Crippen LogP contribution in [0.4, 0.5) is 11.4 Å². The Morgan fingerprint density at radius 1 is 1.38 bits per heavy atom. The maximum Gasteiger partial charge on any atom is 0.293 e. The minimum absolute atomic E-state index is 0.0487. The number of carbonyl (C=O) groups is 2. The van der Waals surface area contributed by atoms with Gasteiger partial charge in [-0.3, -0.25) is 25.0 Å². The van der Waals surface area contributed by atoms with Crippen molar-refractivity contribution in [2.75, 3.05) is 18.4 Å². The molecule has 1 atom stereocenters. The van der Waals surface area contributed by atoms with Crippen molar-refractivity contribution in [3.63, 3.8) is 0 Å². The van der Waals surface area contributed by atoms with Crippen LogP contribution in [0.15, 0.2) is 12.1 Å². The van der Waals surface area contributed by atoms with E-state index in [1.807, 2.05) is 6.92 Å². The standard InChI is InChI=1S/C13H16N4O4/c1-7-3-9(11(17(20)21)4-8(7)2)16-13(19)10-5-15-12(18)6-14-10/h3-4,10,14H,5-6H2,1-2H3,(H,15,18)(H,16,19). The summed E-state index contributed by atoms with van der Waals surface area (Å²) in [5, 5.41) is 18.9. The first-order chi connectivity index (χ1) is 9.88. The fourth-order valence-corrected chi connectivity index (χ4v) is 2.02. The van der Waals surface area contributed by atoms with Gasteiger partial charge in [-0.2, -0.15) is 0 Å². The molecule has 1 heterocycles. The third-order valence-electron chi connectivity index (χ3n) is 3.40. The summed E-state index contributed by atoms with van der Waals surface area (Å²) in [6, 6.07) is 2.40. The number of rotatable bonds is 3. The zero-order valence-electron chi connectivity index (χ0n) is 11.7. The third-order valence-corrected chi connectivity index (χ3v) is 3.40. The van der Waals surface area contributed by atoms with E-state index < -0.39 is 16.9 Å². The smallest absolute Gasteiger partial charge is 0.293 e. The van der Waals surface area contributed by atoms with Gasteiger partial charge in [-0.25, -0.2) is 0 Å². The van der Waals surface area contributed by atoms with Crippen molar-refractivity contribution in [2.24, 2.45) is 0 Å². The quantitative estimate of drug-likeness (QED) is 0.545. The van der Waals surface area contributed by atoms with Crippen molar-refractivity contribution in [1.29, 1.82) is 0 Å². The average molecular weight is 292 g/mol. The Morgan fingerprint density at radius 2 is 2.05 bits per heavy atom. The van der Waals surface area contributed by atoms with Gasteiger partial charge >= 0.3 is 0 Å². The molecule has 112 valence electrons. The summed E-state index contributed by atoms with van der Waals surface area (Å²) in [6.07, 6.45) is 0. The van der Waals surface area contributed by atoms with E-state index in [1.54, 1.807) is 13.0 Å². The Balaban J connectivity index is 2.18. The highest BCUT2D eigenvalue weighted by molar-refractivity contribution is 5.98. The molecule has 1 saturated heterocycles. The largest absolute Gasteiger partial charge is 0.353 e. The molecule has 0 radical (unpaired) electrons. The fourth-order valence-electron chi connectivity index (χ4n) is 2.02. The monoisotopic (exact) mass is 292 g/mol. The number of nitrogens with zero attached hydrogens (tertiary/aromatic N) is 1. The van der Waals surface area contributed by atoms with E-state index in [9.17, 15) is 19.7 Å². The lowest BCUT2D eigenvalue weighted by atomic mass is 10.1. The van der Waals surface area contributed by atoms with Crippen LogP contribution >= 0.6 is 0 Å². The number of carbonyl (C=O) groups excluding carboxylic acids is 2. The number of nitrogens with one attached hydrogen (secondary N) is 3. The summed E-state index contributed by atoms with van der Waals surface area (Å²) in [4.78, 5) is 33.7. The van der Waals surface area contributed by atoms with Crippen molar-refractivity contribution in [3.8, 4) is 0 Å². The molecule has 8 nitrogen and oxygen atoms in total. The van der Waals surface area contributed by atoms with Crippen LogP contribution in [0.1, 0.15) is 11.1 Å². The number of anilines is 1. The first-order valence-electron chi connectivity index (χ1n) is 6.45. The van der Waals surface area contributed by atoms with Crippen LogP contribution in [0.25, 0.3) is 0 Å². The van der Waals surface area contributed by atoms with E-state index in [0.29, 0.717) is 0 Å². The third kappa shape index (κ3) is 3.34. The van der Waals surface area contributed by atoms with Crippen LogP contribution in [-0.4, -0.2) is 35.9 Å². The number of nitro groups is 1. The number of amides is 2. The van der Waals surface area contributed by atoms with Crippen LogP contribution < -0.4 is 16.0 Å². The van der Waals surface area contributed by atoms with Gasteiger partial charge < -0.3 is 10.6 Å². The lowest BCUT2D eigenvalue weighted by Gasteiger charge is -2.23. The molecule has 1 fully saturated rings. The molecule has 2 rings (SSSR count). The molecule has 1 aliphatic rings. The van der Waals surface area contributed by atoms with Crippen LogP contribution in [-0.2, 0) is 9.59 Å². The lowest BCUT2D eigenvalue weighted by molar-refractivity contribution is -0.384. The van der Waals surface area contributed by atoms with Crippen LogP contribution in [0.3, 0.4) is 0 Å². The molecule has 1 unspecified atom stereocenters. The Bertz CT molecular complexity index is 604. The van der Waals surface area contributed by atoms with E-state index in [2.05, 4.69) is 16.0 Å². The second-order valence-electron chi connectivity index (χ2n) is 4.94. The van der Waals surface area contributed by atoms with Crippen LogP contribution in [0, 0.1) is 24.0 Å². The maximum absolute atomic E-state index is 12.1. The van der Waals surface area contributed by atoms with Crippen molar-refractivity contribution in [1.82, 2.24) is 10.6 Å². The van der Waals surface area contributed by atoms with Crippen molar-refractivity contribution < 1.29 is 14.5 Å². The molecule has 1 aromatic carbocycles. The number of nitro benzene ring substituents is 1. The second-order valence-corrected chi connectivity index (χ2v) is 4.94. The minimum Gasteiger partial charge on any atom is -0.353 e. The van der Waals surface area contributed by atoms with Gasteiger partial charge in [0.15, 0.2) is 0 Å². The van der Waals surface area contributed by atoms with E-state index >= 15 is 0 Å². The second kappa shape index (κ2) is 5.88. The molecular formula is C13H16N4O4. The molecule has 0 bridgehead atoms. The van der Waals surface area contributed by atoms with Gasteiger partial charge in [0.25, 0.3) is 5.69 Å². The fraction of sp³-hybridized carbons (Fsp3) is 0.385. The Kier molecular flexibility index (Phi) is 4.18. The van der Waals surface area contributed by atoms with Gasteiger partial charge in [0.05, 0.1) is 11.5 Å². The normalized spacial score (nSPS) is 18.0. The molecular weight excluding hydrogens is 276 g/mol. The zero-order chi connectivity index (χ0) is 15.6. The van der Waals surface area contributed by atoms with Gasteiger partial charge in [-0.15, -0.1) is 0 Å². The summed E-state index contributed by atoms with van der Waals surface area (Å²) in [5.41, 5.74) is 1.64. The number of hydrogen-bond acceptors (Lipinski definition) is 5. The van der Waals surface area contributed by atoms with E-state index in [4.69, 9.17) is 0 Å². The first kappa shape index (κ1) is 14.9. The van der Waals surface area contributed by atoms with Gasteiger partial charge in [0.2, 0.25) is 11.8 Å². The highest BCUT2D eigenvalue weighted by atomic mass is 16.6. The Labute approximate surface area is 121 Å². The van der Waals surface area contributed by atoms with Gasteiger partial charge in [0.1, 0.15) is 11.7 Å². The van der Waals surface area contributed by atoms with E-state index in [1.165, 1.54) is 6.07 Å². The number of benzene rings is 1. The molecule has 1 aliphatic heterocycles. The van der Waals surface area contributed by atoms with Crippen LogP contribution in [0.5, 0.6) is 0 Å². The molecule has 21 heavy (non-hydrogen) atoms. The average Bonchev–Trinajstić information content (AvgIpc) is 2.43. The summed E-state index contributed by atoms with van der Waals surface area (Å²) in [5.74, 6) is -0.599. The first-order valence-corrected chi connectivity index (χ1v) is 6.45. The summed E-state index contributed by atoms with van der Waals surface area (Å²) in [7, 11) is 0. The van der Waals surface area contributed by atoms with Gasteiger partial charge in [-0.05, 0) is 31.0 Å². The molecule has 8 heteroatoms. The SMILES string of the molecule is Cc1cc(NC(=O)C2CNC(=O)CN2)c([N+](=O)[O-])cc1C. The van der Waals surface area contributed by atoms with Gasteiger partial charge in [-0.1, -0.05) is 0 Å². The summed E-state index contributed by atoms with van der Waals surface area (Å²) >= 11 is 0. The lowest BCUT2D eigenvalue weighted by Crippen LogP contribution is -2.56. The highest BCUT2D eigenvalue weighted by Gasteiger charge is 2.26. The molecule has 3 N–H and O–H groups in total. The minimum atomic E-state index is -0.607. The zero-order valence-corrected chi connectivity index (χ0v) is 11.7. The van der Waals surface area contributed by atoms with Gasteiger partial charge in [0, 0.05) is 12.6 Å². The number of hydrogen-bond donors (Lipinski definition) is 3. The topological polar surface area (TPSA) is 113 Å². The Morgan fingerprint density at radius 3 is 2.62 bits per heavy atom. The maximum atomic E-state index is 12.1. The molecule has 0 spiro atoms. The molecule has 1 aromatic rings. The molecule has 2 amide bonds. The van der Waals surface area contributed by atoms with Crippen molar-refractivity contribution in [2.45, 2.75) is 19.9 Å².